The summed E-state index contributed by atoms with van der Waals surface area (Å²) in [6.45, 7) is 1.91. The number of carbonyl (C=O) groups excluding carboxylic acids is 2. The monoisotopic (exact) mass is 412 g/mol. The average Bonchev–Trinajstić information content (AvgIpc) is 2.81. The largest absolute Gasteiger partial charge is 0.496 e. The number of nitrogens with zero attached hydrogens (tertiary/aromatic N) is 1. The van der Waals surface area contributed by atoms with E-state index in [1.807, 2.05) is 35.2 Å². The lowest BCUT2D eigenvalue weighted by molar-refractivity contribution is -0.134. The number of piperidine rings is 1. The molecular formula is C23H28N2O5. The molecule has 1 aliphatic rings. The molecular weight excluding hydrogens is 384 g/mol. The molecule has 0 radical (unpaired) electrons. The fourth-order valence-corrected chi connectivity index (χ4v) is 3.54. The number of para-hydroxylation sites is 1. The first-order chi connectivity index (χ1) is 14.6. The van der Waals surface area contributed by atoms with E-state index in [2.05, 4.69) is 5.32 Å². The number of methoxy groups -OCH3 is 2. The molecule has 0 spiro atoms. The minimum Gasteiger partial charge on any atom is -0.496 e. The van der Waals surface area contributed by atoms with Gasteiger partial charge in [-0.05, 0) is 43.0 Å². The third kappa shape index (κ3) is 5.43. The van der Waals surface area contributed by atoms with Crippen molar-refractivity contribution in [2.75, 3.05) is 40.5 Å². The number of rotatable bonds is 8. The third-order valence-electron chi connectivity index (χ3n) is 5.28. The van der Waals surface area contributed by atoms with Crippen LogP contribution in [0.25, 0.3) is 0 Å². The van der Waals surface area contributed by atoms with Crippen molar-refractivity contribution in [1.29, 1.82) is 0 Å². The summed E-state index contributed by atoms with van der Waals surface area (Å²) in [6.07, 6.45) is 1.67. The van der Waals surface area contributed by atoms with Gasteiger partial charge in [0, 0.05) is 19.6 Å². The summed E-state index contributed by atoms with van der Waals surface area (Å²) >= 11 is 0. The van der Waals surface area contributed by atoms with Crippen molar-refractivity contribution in [3.8, 4) is 17.2 Å². The van der Waals surface area contributed by atoms with Gasteiger partial charge in [-0.15, -0.1) is 0 Å². The van der Waals surface area contributed by atoms with Gasteiger partial charge in [-0.2, -0.15) is 0 Å². The van der Waals surface area contributed by atoms with Gasteiger partial charge in [-0.1, -0.05) is 24.3 Å². The molecule has 2 amide bonds. The van der Waals surface area contributed by atoms with E-state index in [-0.39, 0.29) is 18.4 Å². The second kappa shape index (κ2) is 10.5. The second-order valence-corrected chi connectivity index (χ2v) is 7.17. The predicted molar refractivity (Wildman–Crippen MR) is 113 cm³/mol. The summed E-state index contributed by atoms with van der Waals surface area (Å²) in [4.78, 5) is 26.9. The Morgan fingerprint density at radius 1 is 0.967 bits per heavy atom. The number of hydrogen-bond acceptors (Lipinski definition) is 5. The van der Waals surface area contributed by atoms with Crippen molar-refractivity contribution in [2.45, 2.75) is 12.8 Å². The topological polar surface area (TPSA) is 77.1 Å². The van der Waals surface area contributed by atoms with E-state index in [4.69, 9.17) is 14.2 Å². The summed E-state index contributed by atoms with van der Waals surface area (Å²) in [6, 6.07) is 14.6. The Labute approximate surface area is 176 Å². The minimum absolute atomic E-state index is 0.0138. The van der Waals surface area contributed by atoms with Crippen molar-refractivity contribution >= 4 is 11.8 Å². The number of benzene rings is 2. The first kappa shape index (κ1) is 21.5. The summed E-state index contributed by atoms with van der Waals surface area (Å²) in [5.41, 5.74) is 0.396. The van der Waals surface area contributed by atoms with E-state index in [0.717, 1.165) is 12.8 Å². The molecule has 2 aromatic rings. The molecule has 30 heavy (non-hydrogen) atoms. The molecule has 0 unspecified atom stereocenters. The fourth-order valence-electron chi connectivity index (χ4n) is 3.54. The number of amides is 2. The summed E-state index contributed by atoms with van der Waals surface area (Å²) < 4.78 is 16.1. The lowest BCUT2D eigenvalue weighted by Gasteiger charge is -2.32. The van der Waals surface area contributed by atoms with Gasteiger partial charge in [0.2, 0.25) is 0 Å². The molecule has 0 bridgehead atoms. The lowest BCUT2D eigenvalue weighted by Crippen LogP contribution is -2.43. The van der Waals surface area contributed by atoms with Crippen LogP contribution >= 0.6 is 0 Å². The SMILES string of the molecule is COc1cccc(OC)c1C(=O)NCC1CCN(C(=O)COc2ccccc2)CC1. The maximum Gasteiger partial charge on any atom is 0.260 e. The number of ether oxygens (including phenoxy) is 3. The summed E-state index contributed by atoms with van der Waals surface area (Å²) in [5.74, 6) is 1.72. The van der Waals surface area contributed by atoms with E-state index >= 15 is 0 Å². The predicted octanol–water partition coefficient (Wildman–Crippen LogP) is 2.75. The molecule has 0 atom stereocenters. The molecule has 7 nitrogen and oxygen atoms in total. The number of carbonyl (C=O) groups is 2. The first-order valence-electron chi connectivity index (χ1n) is 10.1. The van der Waals surface area contributed by atoms with Crippen LogP contribution in [0.2, 0.25) is 0 Å². The Morgan fingerprint density at radius 2 is 1.60 bits per heavy atom. The van der Waals surface area contributed by atoms with Crippen LogP contribution in [0, 0.1) is 5.92 Å². The van der Waals surface area contributed by atoms with E-state index in [9.17, 15) is 9.59 Å². The molecule has 3 rings (SSSR count). The molecule has 1 N–H and O–H groups in total. The Balaban J connectivity index is 1.45. The average molecular weight is 412 g/mol. The fraction of sp³-hybridized carbons (Fsp3) is 0.391. The van der Waals surface area contributed by atoms with Crippen LogP contribution in [0.1, 0.15) is 23.2 Å². The highest BCUT2D eigenvalue weighted by Gasteiger charge is 2.24. The highest BCUT2D eigenvalue weighted by Crippen LogP contribution is 2.28. The number of likely N-dealkylation sites (tertiary alicyclic amines) is 1. The maximum absolute atomic E-state index is 12.7. The highest BCUT2D eigenvalue weighted by molar-refractivity contribution is 5.99. The number of nitrogens with one attached hydrogen (secondary N) is 1. The van der Waals surface area contributed by atoms with Crippen molar-refractivity contribution < 1.29 is 23.8 Å². The van der Waals surface area contributed by atoms with Crippen LogP contribution in [0.3, 0.4) is 0 Å². The smallest absolute Gasteiger partial charge is 0.260 e. The Hall–Kier alpha value is -3.22. The van der Waals surface area contributed by atoms with Crippen molar-refractivity contribution in [2.24, 2.45) is 5.92 Å². The zero-order valence-corrected chi connectivity index (χ0v) is 17.4. The molecule has 0 saturated carbocycles. The second-order valence-electron chi connectivity index (χ2n) is 7.17. The van der Waals surface area contributed by atoms with Gasteiger partial charge in [0.25, 0.3) is 11.8 Å². The Morgan fingerprint density at radius 3 is 2.20 bits per heavy atom. The quantitative estimate of drug-likeness (QED) is 0.722. The molecule has 0 aliphatic carbocycles. The molecule has 2 aromatic carbocycles. The standard InChI is InChI=1S/C23H28N2O5/c1-28-19-9-6-10-20(29-2)22(19)23(27)24-15-17-11-13-25(14-12-17)21(26)16-30-18-7-4-3-5-8-18/h3-10,17H,11-16H2,1-2H3,(H,24,27). The molecule has 160 valence electrons. The van der Waals surface area contributed by atoms with Crippen LogP contribution in [0.5, 0.6) is 17.2 Å². The van der Waals surface area contributed by atoms with Crippen molar-refractivity contribution in [3.63, 3.8) is 0 Å². The molecule has 1 heterocycles. The van der Waals surface area contributed by atoms with Crippen LogP contribution < -0.4 is 19.5 Å². The third-order valence-corrected chi connectivity index (χ3v) is 5.28. The van der Waals surface area contributed by atoms with Crippen LogP contribution in [0.15, 0.2) is 48.5 Å². The zero-order chi connectivity index (χ0) is 21.3. The van der Waals surface area contributed by atoms with Gasteiger partial charge in [-0.3, -0.25) is 9.59 Å². The molecule has 1 aliphatic heterocycles. The van der Waals surface area contributed by atoms with E-state index < -0.39 is 0 Å². The van der Waals surface area contributed by atoms with Gasteiger partial charge in [0.1, 0.15) is 22.8 Å². The van der Waals surface area contributed by atoms with E-state index in [1.54, 1.807) is 18.2 Å². The Bertz CT molecular complexity index is 826. The molecule has 7 heteroatoms. The van der Waals surface area contributed by atoms with Crippen LogP contribution in [-0.2, 0) is 4.79 Å². The number of hydrogen-bond donors (Lipinski definition) is 1. The zero-order valence-electron chi connectivity index (χ0n) is 17.4. The van der Waals surface area contributed by atoms with Crippen molar-refractivity contribution in [3.05, 3.63) is 54.1 Å². The van der Waals surface area contributed by atoms with Gasteiger partial charge in [0.05, 0.1) is 14.2 Å². The molecule has 0 aromatic heterocycles. The Kier molecular flexibility index (Phi) is 7.54. The van der Waals surface area contributed by atoms with E-state index in [0.29, 0.717) is 48.4 Å². The summed E-state index contributed by atoms with van der Waals surface area (Å²) in [5, 5.41) is 2.98. The highest BCUT2D eigenvalue weighted by atomic mass is 16.5. The van der Waals surface area contributed by atoms with Crippen LogP contribution in [-0.4, -0.2) is 57.2 Å². The normalized spacial score (nSPS) is 14.1. The van der Waals surface area contributed by atoms with Crippen molar-refractivity contribution in [1.82, 2.24) is 10.2 Å². The van der Waals surface area contributed by atoms with Gasteiger partial charge in [0.15, 0.2) is 6.61 Å². The summed E-state index contributed by atoms with van der Waals surface area (Å²) in [7, 11) is 3.06. The lowest BCUT2D eigenvalue weighted by atomic mass is 9.96. The minimum atomic E-state index is -0.223. The first-order valence-corrected chi connectivity index (χ1v) is 10.1. The van der Waals surface area contributed by atoms with Gasteiger partial charge in [-0.25, -0.2) is 0 Å². The van der Waals surface area contributed by atoms with Crippen LogP contribution in [0.4, 0.5) is 0 Å². The maximum atomic E-state index is 12.7. The van der Waals surface area contributed by atoms with E-state index in [1.165, 1.54) is 14.2 Å². The van der Waals surface area contributed by atoms with Gasteiger partial charge < -0.3 is 24.4 Å². The molecule has 1 fully saturated rings. The molecule has 1 saturated heterocycles. The van der Waals surface area contributed by atoms with Gasteiger partial charge >= 0.3 is 0 Å².